The number of esters is 4. The summed E-state index contributed by atoms with van der Waals surface area (Å²) in [5.74, 6) is -1.64. The average Bonchev–Trinajstić information content (AvgIpc) is 3.05. The molecule has 0 saturated heterocycles. The molecular weight excluding hydrogens is 576 g/mol. The van der Waals surface area contributed by atoms with Gasteiger partial charge in [-0.3, -0.25) is 0 Å². The van der Waals surface area contributed by atoms with Crippen molar-refractivity contribution < 1.29 is 42.9 Å². The highest BCUT2D eigenvalue weighted by atomic mass is 16.6. The minimum absolute atomic E-state index is 0.136. The monoisotopic (exact) mass is 618 g/mol. The summed E-state index contributed by atoms with van der Waals surface area (Å²) in [6, 6.07) is 20.6. The van der Waals surface area contributed by atoms with Gasteiger partial charge in [0.05, 0.1) is 24.3 Å². The number of unbranched alkanes of at least 4 members (excludes halogenated alkanes) is 2. The van der Waals surface area contributed by atoms with Crippen molar-refractivity contribution in [2.45, 2.75) is 72.5 Å². The van der Waals surface area contributed by atoms with E-state index in [9.17, 15) is 19.2 Å². The minimum atomic E-state index is -1.26. The second-order valence-corrected chi connectivity index (χ2v) is 10.8. The highest BCUT2D eigenvalue weighted by molar-refractivity contribution is 5.93. The van der Waals surface area contributed by atoms with E-state index in [1.807, 2.05) is 50.2 Å². The number of hydrogen-bond donors (Lipinski definition) is 0. The van der Waals surface area contributed by atoms with Gasteiger partial charge in [-0.05, 0) is 85.8 Å². The van der Waals surface area contributed by atoms with Crippen LogP contribution < -0.4 is 9.47 Å². The normalized spacial score (nSPS) is 12.7. The van der Waals surface area contributed by atoms with Crippen LogP contribution in [0.2, 0.25) is 0 Å². The van der Waals surface area contributed by atoms with Gasteiger partial charge in [0.2, 0.25) is 0 Å². The van der Waals surface area contributed by atoms with Crippen LogP contribution in [0.1, 0.15) is 81.0 Å². The molecule has 0 aromatic heterocycles. The highest BCUT2D eigenvalue weighted by Gasteiger charge is 2.26. The van der Waals surface area contributed by atoms with Crippen LogP contribution in [0.5, 0.6) is 11.5 Å². The molecule has 3 aromatic carbocycles. The average molecular weight is 619 g/mol. The lowest BCUT2D eigenvalue weighted by molar-refractivity contribution is -0.172. The zero-order chi connectivity index (χ0) is 32.8. The molecule has 0 heterocycles. The summed E-state index contributed by atoms with van der Waals surface area (Å²) in [5.41, 5.74) is 2.44. The van der Waals surface area contributed by atoms with E-state index < -0.39 is 36.1 Å². The van der Waals surface area contributed by atoms with E-state index >= 15 is 0 Å². The number of ether oxygens (including phenoxy) is 5. The quantitative estimate of drug-likeness (QED) is 0.0711. The first-order valence-electron chi connectivity index (χ1n) is 15.3. The fourth-order valence-electron chi connectivity index (χ4n) is 3.96. The predicted molar refractivity (Wildman–Crippen MR) is 169 cm³/mol. The van der Waals surface area contributed by atoms with Crippen molar-refractivity contribution in [3.05, 3.63) is 83.9 Å². The van der Waals surface area contributed by atoms with Gasteiger partial charge in [-0.15, -0.1) is 0 Å². The Morgan fingerprint density at radius 1 is 0.622 bits per heavy atom. The lowest BCUT2D eigenvalue weighted by Crippen LogP contribution is -2.33. The summed E-state index contributed by atoms with van der Waals surface area (Å²) >= 11 is 0. The summed E-state index contributed by atoms with van der Waals surface area (Å²) in [7, 11) is 0. The molecule has 3 atom stereocenters. The summed E-state index contributed by atoms with van der Waals surface area (Å²) in [6.45, 7) is 9.74. The van der Waals surface area contributed by atoms with Crippen LogP contribution in [0.4, 0.5) is 0 Å². The topological polar surface area (TPSA) is 114 Å². The fourth-order valence-corrected chi connectivity index (χ4v) is 3.96. The molecule has 9 nitrogen and oxygen atoms in total. The molecule has 0 spiro atoms. The Kier molecular flexibility index (Phi) is 13.6. The van der Waals surface area contributed by atoms with Crippen LogP contribution in [0, 0.1) is 5.92 Å². The van der Waals surface area contributed by atoms with Crippen molar-refractivity contribution >= 4 is 23.9 Å². The molecule has 9 heteroatoms. The largest absolute Gasteiger partial charge is 0.494 e. The molecular formula is C36H42O9. The zero-order valence-electron chi connectivity index (χ0n) is 26.6. The van der Waals surface area contributed by atoms with Crippen LogP contribution in [-0.2, 0) is 23.8 Å². The third-order valence-electron chi connectivity index (χ3n) is 7.07. The van der Waals surface area contributed by atoms with Crippen molar-refractivity contribution in [1.29, 1.82) is 0 Å². The maximum Gasteiger partial charge on any atom is 0.348 e. The van der Waals surface area contributed by atoms with Gasteiger partial charge < -0.3 is 23.7 Å². The number of carbonyl (C=O) groups excluding carboxylic acids is 4. The van der Waals surface area contributed by atoms with E-state index in [0.29, 0.717) is 12.2 Å². The Labute approximate surface area is 264 Å². The first-order chi connectivity index (χ1) is 21.6. The van der Waals surface area contributed by atoms with Crippen molar-refractivity contribution in [1.82, 2.24) is 0 Å². The second-order valence-electron chi connectivity index (χ2n) is 10.8. The summed E-state index contributed by atoms with van der Waals surface area (Å²) in [4.78, 5) is 49.6. The standard InChI is InChI=1S/C36H42O9/c1-6-8-9-22-41-31-18-14-28(15-19-31)27-10-12-29(13-11-27)36(40)45-32-20-16-30(17-21-32)35(39)44-26(5)34(38)43-25(4)33(37)42-23-24(3)7-2/h10-21,24-26H,6-9,22-23H2,1-5H3. The molecule has 3 unspecified atom stereocenters. The van der Waals surface area contributed by atoms with E-state index in [1.165, 1.54) is 38.1 Å². The predicted octanol–water partition coefficient (Wildman–Crippen LogP) is 7.21. The van der Waals surface area contributed by atoms with Crippen molar-refractivity contribution in [3.63, 3.8) is 0 Å². The molecule has 45 heavy (non-hydrogen) atoms. The van der Waals surface area contributed by atoms with Gasteiger partial charge in [-0.1, -0.05) is 64.3 Å². The van der Waals surface area contributed by atoms with Crippen LogP contribution in [0.25, 0.3) is 11.1 Å². The maximum absolute atomic E-state index is 12.7. The molecule has 3 aromatic rings. The number of rotatable bonds is 16. The van der Waals surface area contributed by atoms with E-state index in [4.69, 9.17) is 23.7 Å². The molecule has 0 saturated carbocycles. The highest BCUT2D eigenvalue weighted by Crippen LogP contribution is 2.24. The third-order valence-corrected chi connectivity index (χ3v) is 7.07. The van der Waals surface area contributed by atoms with Crippen molar-refractivity contribution in [2.24, 2.45) is 5.92 Å². The lowest BCUT2D eigenvalue weighted by atomic mass is 10.0. The smallest absolute Gasteiger partial charge is 0.348 e. The molecule has 0 aliphatic rings. The molecule has 240 valence electrons. The second kappa shape index (κ2) is 17.6. The number of hydrogen-bond acceptors (Lipinski definition) is 9. The third kappa shape index (κ3) is 11.1. The summed E-state index contributed by atoms with van der Waals surface area (Å²) in [6.07, 6.45) is 1.77. The Balaban J connectivity index is 1.48. The molecule has 3 rings (SSSR count). The van der Waals surface area contributed by atoms with E-state index in [0.717, 1.165) is 42.6 Å². The van der Waals surface area contributed by atoms with Gasteiger partial charge in [0.15, 0.2) is 12.2 Å². The molecule has 0 bridgehead atoms. The molecule has 0 fully saturated rings. The van der Waals surface area contributed by atoms with Gasteiger partial charge >= 0.3 is 23.9 Å². The first-order valence-corrected chi connectivity index (χ1v) is 15.3. The van der Waals surface area contributed by atoms with Crippen molar-refractivity contribution in [3.8, 4) is 22.6 Å². The van der Waals surface area contributed by atoms with E-state index in [-0.39, 0.29) is 23.8 Å². The maximum atomic E-state index is 12.7. The Morgan fingerprint density at radius 3 is 1.76 bits per heavy atom. The number of benzene rings is 3. The molecule has 0 aliphatic heterocycles. The van der Waals surface area contributed by atoms with Crippen LogP contribution in [-0.4, -0.2) is 49.3 Å². The van der Waals surface area contributed by atoms with Gasteiger partial charge in [-0.25, -0.2) is 19.2 Å². The van der Waals surface area contributed by atoms with E-state index in [1.54, 1.807) is 12.1 Å². The Bertz CT molecular complexity index is 1400. The Hall–Kier alpha value is -4.66. The zero-order valence-corrected chi connectivity index (χ0v) is 26.6. The Morgan fingerprint density at radius 2 is 1.16 bits per heavy atom. The summed E-state index contributed by atoms with van der Waals surface area (Å²) in [5, 5.41) is 0. The van der Waals surface area contributed by atoms with Crippen molar-refractivity contribution in [2.75, 3.05) is 13.2 Å². The van der Waals surface area contributed by atoms with Gasteiger partial charge in [-0.2, -0.15) is 0 Å². The molecule has 0 aliphatic carbocycles. The SMILES string of the molecule is CCCCCOc1ccc(-c2ccc(C(=O)Oc3ccc(C(=O)OC(C)C(=O)OC(C)C(=O)OCC(C)CC)cc3)cc2)cc1. The van der Waals surface area contributed by atoms with E-state index in [2.05, 4.69) is 6.92 Å². The van der Waals surface area contributed by atoms with Crippen LogP contribution in [0.3, 0.4) is 0 Å². The van der Waals surface area contributed by atoms with Crippen LogP contribution in [0.15, 0.2) is 72.8 Å². The fraction of sp³-hybridized carbons (Fsp3) is 0.389. The molecule has 0 N–H and O–H groups in total. The molecule has 0 radical (unpaired) electrons. The minimum Gasteiger partial charge on any atom is -0.494 e. The first kappa shape index (κ1) is 34.8. The van der Waals surface area contributed by atoms with Crippen LogP contribution >= 0.6 is 0 Å². The number of carbonyl (C=O) groups is 4. The lowest BCUT2D eigenvalue weighted by Gasteiger charge is -2.17. The summed E-state index contributed by atoms with van der Waals surface area (Å²) < 4.78 is 26.6. The van der Waals surface area contributed by atoms with Gasteiger partial charge in [0.25, 0.3) is 0 Å². The van der Waals surface area contributed by atoms with Gasteiger partial charge in [0, 0.05) is 0 Å². The molecule has 0 amide bonds. The van der Waals surface area contributed by atoms with Gasteiger partial charge in [0.1, 0.15) is 11.5 Å².